The van der Waals surface area contributed by atoms with Gasteiger partial charge in [0.2, 0.25) is 5.91 Å². The van der Waals surface area contributed by atoms with Gasteiger partial charge in [-0.15, -0.1) is 0 Å². The number of nitrogens with zero attached hydrogens (tertiary/aromatic N) is 2. The van der Waals surface area contributed by atoms with Gasteiger partial charge in [-0.25, -0.2) is 0 Å². The van der Waals surface area contributed by atoms with Crippen LogP contribution in [0.25, 0.3) is 0 Å². The molecule has 1 heterocycles. The summed E-state index contributed by atoms with van der Waals surface area (Å²) < 4.78 is 0. The minimum atomic E-state index is 0.228. The molecule has 3 nitrogen and oxygen atoms in total. The van der Waals surface area contributed by atoms with E-state index in [9.17, 15) is 4.79 Å². The number of fused-ring (bicyclic) bond motifs is 1. The second-order valence-electron chi connectivity index (χ2n) is 6.54. The van der Waals surface area contributed by atoms with Crippen LogP contribution in [0.4, 0.5) is 5.69 Å². The van der Waals surface area contributed by atoms with E-state index in [0.717, 1.165) is 36.5 Å². The van der Waals surface area contributed by atoms with Crippen molar-refractivity contribution in [2.75, 3.05) is 25.5 Å². The molecule has 1 amide bonds. The van der Waals surface area contributed by atoms with Crippen molar-refractivity contribution >= 4 is 23.2 Å². The van der Waals surface area contributed by atoms with Crippen LogP contribution in [-0.4, -0.2) is 31.4 Å². The molecule has 0 spiro atoms. The zero-order valence-electron chi connectivity index (χ0n) is 14.3. The lowest BCUT2D eigenvalue weighted by Crippen LogP contribution is -2.36. The summed E-state index contributed by atoms with van der Waals surface area (Å²) in [5.41, 5.74) is 4.97. The van der Waals surface area contributed by atoms with Gasteiger partial charge in [-0.05, 0) is 53.8 Å². The van der Waals surface area contributed by atoms with Crippen molar-refractivity contribution < 1.29 is 4.79 Å². The van der Waals surface area contributed by atoms with Crippen LogP contribution in [0.5, 0.6) is 0 Å². The maximum Gasteiger partial charge on any atom is 0.223 e. The Morgan fingerprint density at radius 2 is 1.88 bits per heavy atom. The van der Waals surface area contributed by atoms with E-state index in [-0.39, 0.29) is 5.91 Å². The van der Waals surface area contributed by atoms with E-state index in [1.54, 1.807) is 0 Å². The fraction of sp³-hybridized carbons (Fsp3) is 0.350. The van der Waals surface area contributed by atoms with Gasteiger partial charge in [0, 0.05) is 44.3 Å². The summed E-state index contributed by atoms with van der Waals surface area (Å²) in [6.07, 6.45) is 2.25. The van der Waals surface area contributed by atoms with E-state index in [1.165, 1.54) is 16.8 Å². The molecule has 0 radical (unpaired) electrons. The number of aryl methyl sites for hydroxylation is 1. The molecule has 1 aliphatic rings. The first-order valence-corrected chi connectivity index (χ1v) is 8.72. The molecule has 0 saturated heterocycles. The number of hydrogen-bond acceptors (Lipinski definition) is 2. The molecule has 0 atom stereocenters. The summed E-state index contributed by atoms with van der Waals surface area (Å²) >= 11 is 5.90. The Kier molecular flexibility index (Phi) is 5.10. The molecule has 0 bridgehead atoms. The molecule has 0 fully saturated rings. The standard InChI is InChI=1S/C20H23ClN2O/c1-22(2)19-9-6-16-11-12-23(14-17(16)13-19)20(24)10-5-15-3-7-18(21)8-4-15/h3-4,6-9,13H,5,10-12,14H2,1-2H3. The highest BCUT2D eigenvalue weighted by molar-refractivity contribution is 6.30. The van der Waals surface area contributed by atoms with Gasteiger partial charge >= 0.3 is 0 Å². The lowest BCUT2D eigenvalue weighted by atomic mass is 9.98. The van der Waals surface area contributed by atoms with Crippen molar-refractivity contribution in [3.63, 3.8) is 0 Å². The SMILES string of the molecule is CN(C)c1ccc2c(c1)CN(C(=O)CCc1ccc(Cl)cc1)CC2. The van der Waals surface area contributed by atoms with Crippen LogP contribution in [0.2, 0.25) is 5.02 Å². The maximum absolute atomic E-state index is 12.6. The van der Waals surface area contributed by atoms with Crippen LogP contribution in [0.3, 0.4) is 0 Å². The Morgan fingerprint density at radius 1 is 1.12 bits per heavy atom. The van der Waals surface area contributed by atoms with E-state index < -0.39 is 0 Å². The third-order valence-corrected chi connectivity index (χ3v) is 4.86. The molecule has 1 aliphatic heterocycles. The summed E-state index contributed by atoms with van der Waals surface area (Å²) in [7, 11) is 4.08. The lowest BCUT2D eigenvalue weighted by Gasteiger charge is -2.30. The first-order valence-electron chi connectivity index (χ1n) is 8.34. The van der Waals surface area contributed by atoms with Gasteiger partial charge in [-0.2, -0.15) is 0 Å². The van der Waals surface area contributed by atoms with Crippen molar-refractivity contribution in [3.05, 3.63) is 64.2 Å². The van der Waals surface area contributed by atoms with Gasteiger partial charge in [-0.3, -0.25) is 4.79 Å². The largest absolute Gasteiger partial charge is 0.378 e. The van der Waals surface area contributed by atoms with Gasteiger partial charge in [-0.1, -0.05) is 29.8 Å². The number of hydrogen-bond donors (Lipinski definition) is 0. The number of rotatable bonds is 4. The molecule has 2 aromatic carbocycles. The van der Waals surface area contributed by atoms with E-state index in [0.29, 0.717) is 6.42 Å². The third-order valence-electron chi connectivity index (χ3n) is 4.61. The number of carbonyl (C=O) groups is 1. The fourth-order valence-electron chi connectivity index (χ4n) is 3.10. The molecule has 126 valence electrons. The molecular weight excluding hydrogens is 320 g/mol. The van der Waals surface area contributed by atoms with Gasteiger partial charge in [0.15, 0.2) is 0 Å². The van der Waals surface area contributed by atoms with Crippen LogP contribution in [0.1, 0.15) is 23.1 Å². The van der Waals surface area contributed by atoms with Crippen molar-refractivity contribution in [2.45, 2.75) is 25.8 Å². The highest BCUT2D eigenvalue weighted by Gasteiger charge is 2.20. The van der Waals surface area contributed by atoms with Crippen LogP contribution in [0, 0.1) is 0 Å². The second-order valence-corrected chi connectivity index (χ2v) is 6.98. The maximum atomic E-state index is 12.6. The van der Waals surface area contributed by atoms with E-state index in [4.69, 9.17) is 11.6 Å². The van der Waals surface area contributed by atoms with E-state index in [1.807, 2.05) is 43.3 Å². The number of carbonyl (C=O) groups excluding carboxylic acids is 1. The zero-order chi connectivity index (χ0) is 17.1. The molecule has 4 heteroatoms. The normalized spacial score (nSPS) is 13.5. The summed E-state index contributed by atoms with van der Waals surface area (Å²) in [4.78, 5) is 16.6. The summed E-state index contributed by atoms with van der Waals surface area (Å²) in [5.74, 6) is 0.228. The monoisotopic (exact) mass is 342 g/mol. The first kappa shape index (κ1) is 16.8. The third kappa shape index (κ3) is 3.90. The molecular formula is C20H23ClN2O. The topological polar surface area (TPSA) is 23.6 Å². The summed E-state index contributed by atoms with van der Waals surface area (Å²) in [5, 5.41) is 0.731. The Hall–Kier alpha value is -2.00. The second kappa shape index (κ2) is 7.27. The molecule has 0 aromatic heterocycles. The van der Waals surface area contributed by atoms with Gasteiger partial charge in [0.1, 0.15) is 0 Å². The van der Waals surface area contributed by atoms with Gasteiger partial charge < -0.3 is 9.80 Å². The van der Waals surface area contributed by atoms with Crippen LogP contribution >= 0.6 is 11.6 Å². The van der Waals surface area contributed by atoms with Gasteiger partial charge in [0.05, 0.1) is 0 Å². The smallest absolute Gasteiger partial charge is 0.223 e. The Bertz CT molecular complexity index is 725. The first-order chi connectivity index (χ1) is 11.5. The van der Waals surface area contributed by atoms with Crippen LogP contribution in [-0.2, 0) is 24.2 Å². The average molecular weight is 343 g/mol. The van der Waals surface area contributed by atoms with Crippen LogP contribution in [0.15, 0.2) is 42.5 Å². The highest BCUT2D eigenvalue weighted by atomic mass is 35.5. The highest BCUT2D eigenvalue weighted by Crippen LogP contribution is 2.24. The average Bonchev–Trinajstić information content (AvgIpc) is 2.60. The summed E-state index contributed by atoms with van der Waals surface area (Å²) in [6, 6.07) is 14.3. The number of amides is 1. The molecule has 0 aliphatic carbocycles. The molecule has 0 saturated carbocycles. The fourth-order valence-corrected chi connectivity index (χ4v) is 3.22. The molecule has 2 aromatic rings. The summed E-state index contributed by atoms with van der Waals surface area (Å²) in [6.45, 7) is 1.53. The van der Waals surface area contributed by atoms with Crippen molar-refractivity contribution in [3.8, 4) is 0 Å². The minimum Gasteiger partial charge on any atom is -0.378 e. The van der Waals surface area contributed by atoms with Crippen molar-refractivity contribution in [2.24, 2.45) is 0 Å². The Morgan fingerprint density at radius 3 is 2.58 bits per heavy atom. The number of halogens is 1. The van der Waals surface area contributed by atoms with Crippen LogP contribution < -0.4 is 4.90 Å². The molecule has 24 heavy (non-hydrogen) atoms. The molecule has 3 rings (SSSR count). The van der Waals surface area contributed by atoms with E-state index >= 15 is 0 Å². The Balaban J connectivity index is 1.62. The van der Waals surface area contributed by atoms with Crippen molar-refractivity contribution in [1.82, 2.24) is 4.90 Å². The molecule has 0 N–H and O–H groups in total. The Labute approximate surface area is 148 Å². The molecule has 0 unspecified atom stereocenters. The number of anilines is 1. The van der Waals surface area contributed by atoms with Crippen molar-refractivity contribution in [1.29, 1.82) is 0 Å². The zero-order valence-corrected chi connectivity index (χ0v) is 15.0. The predicted octanol–water partition coefficient (Wildman–Crippen LogP) is 3.92. The quantitative estimate of drug-likeness (QED) is 0.840. The van der Waals surface area contributed by atoms with E-state index in [2.05, 4.69) is 23.1 Å². The predicted molar refractivity (Wildman–Crippen MR) is 99.7 cm³/mol. The number of benzene rings is 2. The van der Waals surface area contributed by atoms with Gasteiger partial charge in [0.25, 0.3) is 0 Å². The minimum absolute atomic E-state index is 0.228. The lowest BCUT2D eigenvalue weighted by molar-refractivity contribution is -0.132.